The van der Waals surface area contributed by atoms with Gasteiger partial charge in [-0.05, 0) is 30.3 Å². The Morgan fingerprint density at radius 3 is 2.46 bits per heavy atom. The zero-order chi connectivity index (χ0) is 20.9. The SMILES string of the molecule is COc1c(F)cccc1C(=O)Nc1cc(C(=O)NCCO)cc(C(F)(F)F)c1. The van der Waals surface area contributed by atoms with E-state index in [0.717, 1.165) is 19.2 Å². The molecule has 0 heterocycles. The maximum Gasteiger partial charge on any atom is 0.416 e. The molecule has 10 heteroatoms. The van der Waals surface area contributed by atoms with E-state index in [4.69, 9.17) is 9.84 Å². The van der Waals surface area contributed by atoms with Gasteiger partial charge in [-0.3, -0.25) is 9.59 Å². The number of aliphatic hydroxyl groups excluding tert-OH is 1. The summed E-state index contributed by atoms with van der Waals surface area (Å²) in [7, 11) is 1.14. The molecule has 2 aromatic rings. The van der Waals surface area contributed by atoms with Crippen LogP contribution in [0.3, 0.4) is 0 Å². The summed E-state index contributed by atoms with van der Waals surface area (Å²) < 4.78 is 58.0. The lowest BCUT2D eigenvalue weighted by molar-refractivity contribution is -0.137. The standard InChI is InChI=1S/C18H16F4N2O4/c1-28-15-13(3-2-4-14(15)19)17(27)24-12-8-10(16(26)23-5-6-25)7-11(9-12)18(20,21)22/h2-4,7-9,25H,5-6H2,1H3,(H,23,26)(H,24,27). The van der Waals surface area contributed by atoms with Crippen molar-refractivity contribution >= 4 is 17.5 Å². The fourth-order valence-electron chi connectivity index (χ4n) is 2.36. The third-order valence-corrected chi connectivity index (χ3v) is 3.59. The first-order valence-electron chi connectivity index (χ1n) is 7.92. The van der Waals surface area contributed by atoms with Gasteiger partial charge in [-0.25, -0.2) is 4.39 Å². The first kappa shape index (κ1) is 21.2. The van der Waals surface area contributed by atoms with Crippen molar-refractivity contribution in [3.63, 3.8) is 0 Å². The Kier molecular flexibility index (Phi) is 6.57. The first-order valence-corrected chi connectivity index (χ1v) is 7.92. The van der Waals surface area contributed by atoms with Gasteiger partial charge in [0.2, 0.25) is 0 Å². The number of aliphatic hydroxyl groups is 1. The Labute approximate surface area is 157 Å². The monoisotopic (exact) mass is 400 g/mol. The fourth-order valence-corrected chi connectivity index (χ4v) is 2.36. The molecule has 0 fully saturated rings. The molecular formula is C18H16F4N2O4. The molecule has 28 heavy (non-hydrogen) atoms. The molecule has 3 N–H and O–H groups in total. The number of benzene rings is 2. The summed E-state index contributed by atoms with van der Waals surface area (Å²) in [6, 6.07) is 5.83. The van der Waals surface area contributed by atoms with Gasteiger partial charge in [-0.15, -0.1) is 0 Å². The second-order valence-electron chi connectivity index (χ2n) is 5.55. The predicted octanol–water partition coefficient (Wildman–Crippen LogP) is 2.83. The highest BCUT2D eigenvalue weighted by atomic mass is 19.4. The Balaban J connectivity index is 2.40. The van der Waals surface area contributed by atoms with E-state index in [1.165, 1.54) is 12.1 Å². The molecule has 2 amide bonds. The first-order chi connectivity index (χ1) is 13.2. The van der Waals surface area contributed by atoms with E-state index in [-0.39, 0.29) is 29.1 Å². The van der Waals surface area contributed by atoms with Crippen LogP contribution in [0.5, 0.6) is 5.75 Å². The third-order valence-electron chi connectivity index (χ3n) is 3.59. The van der Waals surface area contributed by atoms with Crippen molar-refractivity contribution in [3.8, 4) is 5.75 Å². The predicted molar refractivity (Wildman–Crippen MR) is 91.8 cm³/mol. The molecule has 0 aromatic heterocycles. The van der Waals surface area contributed by atoms with E-state index >= 15 is 0 Å². The molecule has 0 atom stereocenters. The number of nitrogens with one attached hydrogen (secondary N) is 2. The van der Waals surface area contributed by atoms with Crippen molar-refractivity contribution in [2.24, 2.45) is 0 Å². The van der Waals surface area contributed by atoms with Crippen molar-refractivity contribution in [3.05, 3.63) is 58.9 Å². The van der Waals surface area contributed by atoms with Crippen LogP contribution < -0.4 is 15.4 Å². The van der Waals surface area contributed by atoms with Crippen LogP contribution in [0.4, 0.5) is 23.2 Å². The largest absolute Gasteiger partial charge is 0.493 e. The number of carbonyl (C=O) groups is 2. The summed E-state index contributed by atoms with van der Waals surface area (Å²) in [6.07, 6.45) is -4.77. The molecule has 150 valence electrons. The maximum atomic E-state index is 13.7. The maximum absolute atomic E-state index is 13.7. The van der Waals surface area contributed by atoms with Gasteiger partial charge in [-0.2, -0.15) is 13.2 Å². The second-order valence-corrected chi connectivity index (χ2v) is 5.55. The quantitative estimate of drug-likeness (QED) is 0.651. The summed E-state index contributed by atoms with van der Waals surface area (Å²) in [5, 5.41) is 13.2. The highest BCUT2D eigenvalue weighted by molar-refractivity contribution is 6.07. The second kappa shape index (κ2) is 8.70. The Hall–Kier alpha value is -3.14. The molecule has 2 rings (SSSR count). The minimum Gasteiger partial charge on any atom is -0.493 e. The average molecular weight is 400 g/mol. The molecule has 0 aliphatic rings. The minimum absolute atomic E-state index is 0.155. The van der Waals surface area contributed by atoms with Gasteiger partial charge >= 0.3 is 6.18 Å². The molecule has 0 saturated carbocycles. The number of carbonyl (C=O) groups excluding carboxylic acids is 2. The van der Waals surface area contributed by atoms with E-state index in [1.807, 2.05) is 0 Å². The topological polar surface area (TPSA) is 87.7 Å². The van der Waals surface area contributed by atoms with Crippen molar-refractivity contribution in [1.82, 2.24) is 5.32 Å². The van der Waals surface area contributed by atoms with E-state index in [1.54, 1.807) is 0 Å². The zero-order valence-electron chi connectivity index (χ0n) is 14.6. The Morgan fingerprint density at radius 2 is 1.86 bits per heavy atom. The van der Waals surface area contributed by atoms with Crippen LogP contribution in [0, 0.1) is 5.82 Å². The van der Waals surface area contributed by atoms with Crippen molar-refractivity contribution in [2.45, 2.75) is 6.18 Å². The number of para-hydroxylation sites is 1. The van der Waals surface area contributed by atoms with Gasteiger partial charge in [0.05, 0.1) is 24.8 Å². The summed E-state index contributed by atoms with van der Waals surface area (Å²) in [5.74, 6) is -2.97. The zero-order valence-corrected chi connectivity index (χ0v) is 14.6. The van der Waals surface area contributed by atoms with E-state index < -0.39 is 36.0 Å². The van der Waals surface area contributed by atoms with Crippen molar-refractivity contribution in [2.75, 3.05) is 25.6 Å². The number of alkyl halides is 3. The van der Waals surface area contributed by atoms with Gasteiger partial charge in [0.25, 0.3) is 11.8 Å². The molecule has 0 bridgehead atoms. The highest BCUT2D eigenvalue weighted by Crippen LogP contribution is 2.32. The summed E-state index contributed by atoms with van der Waals surface area (Å²) >= 11 is 0. The smallest absolute Gasteiger partial charge is 0.416 e. The molecule has 0 saturated heterocycles. The Bertz CT molecular complexity index is 884. The van der Waals surface area contributed by atoms with Crippen LogP contribution in [0.15, 0.2) is 36.4 Å². The molecule has 0 radical (unpaired) electrons. The fraction of sp³-hybridized carbons (Fsp3) is 0.222. The molecule has 0 aliphatic carbocycles. The number of rotatable bonds is 6. The molecule has 0 spiro atoms. The number of halogens is 4. The van der Waals surface area contributed by atoms with Crippen LogP contribution in [0.2, 0.25) is 0 Å². The van der Waals surface area contributed by atoms with Crippen molar-refractivity contribution in [1.29, 1.82) is 0 Å². The normalized spacial score (nSPS) is 11.1. The number of anilines is 1. The number of methoxy groups -OCH3 is 1. The lowest BCUT2D eigenvalue weighted by atomic mass is 10.1. The van der Waals surface area contributed by atoms with E-state index in [0.29, 0.717) is 12.1 Å². The van der Waals surface area contributed by atoms with Gasteiger partial charge in [0, 0.05) is 17.8 Å². The molecule has 0 aliphatic heterocycles. The lowest BCUT2D eigenvalue weighted by Gasteiger charge is -2.14. The molecule has 0 unspecified atom stereocenters. The summed E-state index contributed by atoms with van der Waals surface area (Å²) in [5.41, 5.74) is -2.08. The number of hydrogen-bond acceptors (Lipinski definition) is 4. The minimum atomic E-state index is -4.77. The van der Waals surface area contributed by atoms with Gasteiger partial charge in [-0.1, -0.05) is 6.07 Å². The highest BCUT2D eigenvalue weighted by Gasteiger charge is 2.32. The number of ether oxygens (including phenoxy) is 1. The van der Waals surface area contributed by atoms with E-state index in [2.05, 4.69) is 10.6 Å². The van der Waals surface area contributed by atoms with Crippen LogP contribution >= 0.6 is 0 Å². The summed E-state index contributed by atoms with van der Waals surface area (Å²) in [4.78, 5) is 24.4. The molecule has 6 nitrogen and oxygen atoms in total. The summed E-state index contributed by atoms with van der Waals surface area (Å²) in [6.45, 7) is -0.551. The van der Waals surface area contributed by atoms with Crippen LogP contribution in [-0.4, -0.2) is 37.2 Å². The van der Waals surface area contributed by atoms with Gasteiger partial charge < -0.3 is 20.5 Å². The van der Waals surface area contributed by atoms with Crippen LogP contribution in [0.25, 0.3) is 0 Å². The molecule has 2 aromatic carbocycles. The third kappa shape index (κ3) is 4.97. The van der Waals surface area contributed by atoms with Gasteiger partial charge in [0.1, 0.15) is 0 Å². The number of amides is 2. The van der Waals surface area contributed by atoms with E-state index in [9.17, 15) is 27.2 Å². The van der Waals surface area contributed by atoms with Crippen LogP contribution in [-0.2, 0) is 6.18 Å². The van der Waals surface area contributed by atoms with Crippen molar-refractivity contribution < 1.29 is 37.0 Å². The molecular weight excluding hydrogens is 384 g/mol. The lowest BCUT2D eigenvalue weighted by Crippen LogP contribution is -2.27. The number of hydrogen-bond donors (Lipinski definition) is 3. The van der Waals surface area contributed by atoms with Crippen LogP contribution in [0.1, 0.15) is 26.3 Å². The Morgan fingerprint density at radius 1 is 1.14 bits per heavy atom. The average Bonchev–Trinajstić information content (AvgIpc) is 2.64. The van der Waals surface area contributed by atoms with Gasteiger partial charge in [0.15, 0.2) is 11.6 Å².